The van der Waals surface area contributed by atoms with E-state index in [2.05, 4.69) is 5.32 Å². The van der Waals surface area contributed by atoms with Gasteiger partial charge in [-0.1, -0.05) is 36.4 Å². The molecule has 1 aromatic heterocycles. The summed E-state index contributed by atoms with van der Waals surface area (Å²) in [5.74, 6) is 0.480. The van der Waals surface area contributed by atoms with Crippen molar-refractivity contribution in [2.75, 3.05) is 13.6 Å². The fourth-order valence-electron chi connectivity index (χ4n) is 2.70. The second-order valence-electron chi connectivity index (χ2n) is 6.05. The number of carbonyl (C=O) groups is 1. The molecule has 0 saturated carbocycles. The molecule has 0 bridgehead atoms. The van der Waals surface area contributed by atoms with Crippen LogP contribution < -0.4 is 5.32 Å². The van der Waals surface area contributed by atoms with E-state index in [0.717, 1.165) is 16.7 Å². The first-order chi connectivity index (χ1) is 12.1. The molecular formula is C20H21FN2O2. The van der Waals surface area contributed by atoms with Crippen LogP contribution in [0, 0.1) is 5.82 Å². The minimum absolute atomic E-state index is 0.208. The largest absolute Gasteiger partial charge is 0.459 e. The highest BCUT2D eigenvalue weighted by Gasteiger charge is 2.20. The summed E-state index contributed by atoms with van der Waals surface area (Å²) in [6.07, 6.45) is 0.450. The SMILES string of the molecule is C[C@@H](c1cc2ccccc2o1)N(C)C(=O)NCCc1ccccc1F. The van der Waals surface area contributed by atoms with Gasteiger partial charge in [0.25, 0.3) is 0 Å². The Hall–Kier alpha value is -2.82. The summed E-state index contributed by atoms with van der Waals surface area (Å²) in [5, 5.41) is 3.83. The van der Waals surface area contributed by atoms with E-state index in [0.29, 0.717) is 18.5 Å². The molecule has 0 aliphatic carbocycles. The molecule has 25 heavy (non-hydrogen) atoms. The Morgan fingerprint density at radius 3 is 2.68 bits per heavy atom. The molecule has 2 amide bonds. The summed E-state index contributed by atoms with van der Waals surface area (Å²) >= 11 is 0. The maximum atomic E-state index is 13.6. The third kappa shape index (κ3) is 3.82. The molecule has 2 aromatic carbocycles. The van der Waals surface area contributed by atoms with Crippen LogP contribution in [0.25, 0.3) is 11.0 Å². The van der Waals surface area contributed by atoms with Crippen LogP contribution in [0.4, 0.5) is 9.18 Å². The van der Waals surface area contributed by atoms with Gasteiger partial charge in [-0.15, -0.1) is 0 Å². The van der Waals surface area contributed by atoms with Crippen molar-refractivity contribution in [1.82, 2.24) is 10.2 Å². The van der Waals surface area contributed by atoms with Crippen LogP contribution in [0.1, 0.15) is 24.3 Å². The van der Waals surface area contributed by atoms with Gasteiger partial charge in [-0.05, 0) is 37.1 Å². The van der Waals surface area contributed by atoms with Crippen molar-refractivity contribution in [3.8, 4) is 0 Å². The highest BCUT2D eigenvalue weighted by Crippen LogP contribution is 2.26. The number of urea groups is 1. The van der Waals surface area contributed by atoms with Crippen LogP contribution in [-0.4, -0.2) is 24.5 Å². The molecule has 5 heteroatoms. The predicted octanol–water partition coefficient (Wildman–Crippen LogP) is 4.52. The molecule has 0 spiro atoms. The highest BCUT2D eigenvalue weighted by molar-refractivity contribution is 5.78. The molecule has 130 valence electrons. The molecule has 1 heterocycles. The van der Waals surface area contributed by atoms with Crippen molar-refractivity contribution >= 4 is 17.0 Å². The van der Waals surface area contributed by atoms with E-state index in [1.54, 1.807) is 30.1 Å². The number of carbonyl (C=O) groups excluding carboxylic acids is 1. The number of nitrogens with zero attached hydrogens (tertiary/aromatic N) is 1. The molecular weight excluding hydrogens is 319 g/mol. The summed E-state index contributed by atoms with van der Waals surface area (Å²) in [6, 6.07) is 15.9. The Morgan fingerprint density at radius 2 is 1.92 bits per heavy atom. The number of rotatable bonds is 5. The van der Waals surface area contributed by atoms with Gasteiger partial charge in [-0.3, -0.25) is 0 Å². The molecule has 1 N–H and O–H groups in total. The Labute approximate surface area is 146 Å². The summed E-state index contributed by atoms with van der Waals surface area (Å²) in [6.45, 7) is 2.28. The Bertz CT molecular complexity index is 842. The number of amides is 2. The Morgan fingerprint density at radius 1 is 1.20 bits per heavy atom. The lowest BCUT2D eigenvalue weighted by Crippen LogP contribution is -2.39. The third-order valence-corrected chi connectivity index (χ3v) is 4.39. The van der Waals surface area contributed by atoms with Crippen LogP contribution in [0.5, 0.6) is 0 Å². The van der Waals surface area contributed by atoms with E-state index >= 15 is 0 Å². The van der Waals surface area contributed by atoms with Gasteiger partial charge in [0, 0.05) is 19.0 Å². The van der Waals surface area contributed by atoms with Crippen molar-refractivity contribution in [3.05, 3.63) is 71.7 Å². The molecule has 0 fully saturated rings. The van der Waals surface area contributed by atoms with Crippen LogP contribution in [-0.2, 0) is 6.42 Å². The topological polar surface area (TPSA) is 45.5 Å². The lowest BCUT2D eigenvalue weighted by molar-refractivity contribution is 0.188. The molecule has 0 aliphatic heterocycles. The van der Waals surface area contributed by atoms with E-state index in [4.69, 9.17) is 4.42 Å². The van der Waals surface area contributed by atoms with Gasteiger partial charge in [0.15, 0.2) is 0 Å². The summed E-state index contributed by atoms with van der Waals surface area (Å²) in [5.41, 5.74) is 1.40. The van der Waals surface area contributed by atoms with Gasteiger partial charge < -0.3 is 14.6 Å². The van der Waals surface area contributed by atoms with E-state index < -0.39 is 0 Å². The van der Waals surface area contributed by atoms with E-state index in [-0.39, 0.29) is 17.9 Å². The van der Waals surface area contributed by atoms with E-state index in [9.17, 15) is 9.18 Å². The standard InChI is InChI=1S/C20H21FN2O2/c1-14(19-13-16-8-4-6-10-18(16)25-19)23(2)20(24)22-12-11-15-7-3-5-9-17(15)21/h3-10,13-14H,11-12H2,1-2H3,(H,22,24)/t14-/m0/s1. The lowest BCUT2D eigenvalue weighted by atomic mass is 10.1. The average Bonchev–Trinajstić information content (AvgIpc) is 3.06. The maximum absolute atomic E-state index is 13.6. The number of benzene rings is 2. The van der Waals surface area contributed by atoms with Crippen LogP contribution in [0.15, 0.2) is 59.0 Å². The van der Waals surface area contributed by atoms with Gasteiger partial charge in [-0.2, -0.15) is 0 Å². The van der Waals surface area contributed by atoms with Crippen molar-refractivity contribution in [2.45, 2.75) is 19.4 Å². The second-order valence-corrected chi connectivity index (χ2v) is 6.05. The van der Waals surface area contributed by atoms with Gasteiger partial charge in [0.1, 0.15) is 17.2 Å². The van der Waals surface area contributed by atoms with Gasteiger partial charge in [0.05, 0.1) is 6.04 Å². The van der Waals surface area contributed by atoms with Crippen molar-refractivity contribution in [3.63, 3.8) is 0 Å². The van der Waals surface area contributed by atoms with Gasteiger partial charge in [-0.25, -0.2) is 9.18 Å². The fourth-order valence-corrected chi connectivity index (χ4v) is 2.70. The minimum Gasteiger partial charge on any atom is -0.459 e. The number of fused-ring (bicyclic) bond motifs is 1. The first-order valence-corrected chi connectivity index (χ1v) is 8.29. The molecule has 3 aromatic rings. The Kier molecular flexibility index (Phi) is 5.03. The first kappa shape index (κ1) is 17.0. The average molecular weight is 340 g/mol. The molecule has 0 aliphatic rings. The maximum Gasteiger partial charge on any atom is 0.317 e. The molecule has 0 unspecified atom stereocenters. The minimum atomic E-state index is -0.249. The number of hydrogen-bond donors (Lipinski definition) is 1. The normalized spacial score (nSPS) is 12.1. The zero-order chi connectivity index (χ0) is 17.8. The smallest absolute Gasteiger partial charge is 0.317 e. The van der Waals surface area contributed by atoms with Crippen molar-refractivity contribution in [2.24, 2.45) is 0 Å². The second kappa shape index (κ2) is 7.38. The monoisotopic (exact) mass is 340 g/mol. The predicted molar refractivity (Wildman–Crippen MR) is 95.9 cm³/mol. The summed E-state index contributed by atoms with van der Waals surface area (Å²) in [4.78, 5) is 13.9. The van der Waals surface area contributed by atoms with Gasteiger partial charge >= 0.3 is 6.03 Å². The Balaban J connectivity index is 1.58. The first-order valence-electron chi connectivity index (χ1n) is 8.29. The zero-order valence-corrected chi connectivity index (χ0v) is 14.3. The molecule has 0 radical (unpaired) electrons. The van der Waals surface area contributed by atoms with Crippen molar-refractivity contribution < 1.29 is 13.6 Å². The summed E-state index contributed by atoms with van der Waals surface area (Å²) in [7, 11) is 1.72. The van der Waals surface area contributed by atoms with E-state index in [1.165, 1.54) is 6.07 Å². The summed E-state index contributed by atoms with van der Waals surface area (Å²) < 4.78 is 19.4. The van der Waals surface area contributed by atoms with Crippen LogP contribution >= 0.6 is 0 Å². The molecule has 3 rings (SSSR count). The zero-order valence-electron chi connectivity index (χ0n) is 14.3. The fraction of sp³-hybridized carbons (Fsp3) is 0.250. The third-order valence-electron chi connectivity index (χ3n) is 4.39. The highest BCUT2D eigenvalue weighted by atomic mass is 19.1. The molecule has 1 atom stereocenters. The number of furan rings is 1. The molecule has 4 nitrogen and oxygen atoms in total. The number of hydrogen-bond acceptors (Lipinski definition) is 2. The number of para-hydroxylation sites is 1. The van der Waals surface area contributed by atoms with Crippen LogP contribution in [0.2, 0.25) is 0 Å². The number of nitrogens with one attached hydrogen (secondary N) is 1. The van der Waals surface area contributed by atoms with Gasteiger partial charge in [0.2, 0.25) is 0 Å². The lowest BCUT2D eigenvalue weighted by Gasteiger charge is -2.23. The molecule has 0 saturated heterocycles. The number of halogens is 1. The van der Waals surface area contributed by atoms with E-state index in [1.807, 2.05) is 37.3 Å². The quantitative estimate of drug-likeness (QED) is 0.742. The van der Waals surface area contributed by atoms with Crippen molar-refractivity contribution in [1.29, 1.82) is 0 Å². The van der Waals surface area contributed by atoms with Crippen LogP contribution in [0.3, 0.4) is 0 Å².